The lowest BCUT2D eigenvalue weighted by Crippen LogP contribution is -2.38. The third-order valence-corrected chi connectivity index (χ3v) is 6.99. The summed E-state index contributed by atoms with van der Waals surface area (Å²) < 4.78 is 10.9. The Morgan fingerprint density at radius 1 is 0.958 bits per heavy atom. The highest BCUT2D eigenvalue weighted by Gasteiger charge is 2.22. The molecule has 0 bridgehead atoms. The number of rotatable bonds is 2. The molecule has 24 heavy (non-hydrogen) atoms. The van der Waals surface area contributed by atoms with Crippen LogP contribution in [0, 0.1) is 20.8 Å². The summed E-state index contributed by atoms with van der Waals surface area (Å²) in [5, 5.41) is 3.66. The predicted molar refractivity (Wildman–Crippen MR) is 108 cm³/mol. The Hall–Kier alpha value is -1.93. The van der Waals surface area contributed by atoms with Crippen molar-refractivity contribution >= 4 is 24.0 Å². The van der Waals surface area contributed by atoms with Crippen LogP contribution in [0.4, 0.5) is 0 Å². The molecular weight excluding hydrogens is 306 g/mol. The van der Waals surface area contributed by atoms with E-state index >= 15 is 0 Å². The molecule has 0 aliphatic rings. The normalized spacial score (nSPS) is 12.5. The average Bonchev–Trinajstić information content (AvgIpc) is 2.55. The van der Waals surface area contributed by atoms with Crippen LogP contribution < -0.4 is 9.75 Å². The van der Waals surface area contributed by atoms with Crippen LogP contribution in [0.2, 0.25) is 19.6 Å². The van der Waals surface area contributed by atoms with Crippen LogP contribution in [-0.2, 0) is 7.05 Å². The summed E-state index contributed by atoms with van der Waals surface area (Å²) in [5.74, 6) is 0. The van der Waals surface area contributed by atoms with Gasteiger partial charge in [-0.3, -0.25) is 0 Å². The van der Waals surface area contributed by atoms with Crippen LogP contribution >= 0.6 is 0 Å². The van der Waals surface area contributed by atoms with Gasteiger partial charge >= 0.3 is 0 Å². The Labute approximate surface area is 148 Å². The molecule has 2 heteroatoms. The first-order valence-corrected chi connectivity index (χ1v) is 12.1. The first kappa shape index (κ1) is 15.6. The van der Waals surface area contributed by atoms with Gasteiger partial charge in [-0.1, -0.05) is 54.7 Å². The van der Waals surface area contributed by atoms with Gasteiger partial charge in [0, 0.05) is 18.5 Å². The fraction of sp³-hybridized carbons (Fsp3) is 0.318. The summed E-state index contributed by atoms with van der Waals surface area (Å²) in [6, 6.07) is 14.0. The molecule has 1 nitrogen and oxygen atoms in total. The molecule has 3 rings (SSSR count). The van der Waals surface area contributed by atoms with Crippen molar-refractivity contribution in [1.82, 2.24) is 0 Å². The van der Waals surface area contributed by atoms with Crippen LogP contribution in [0.25, 0.3) is 22.0 Å². The van der Waals surface area contributed by atoms with E-state index in [9.17, 15) is 0 Å². The number of aromatic nitrogens is 1. The maximum absolute atomic E-state index is 8.68. The van der Waals surface area contributed by atoms with Crippen LogP contribution in [0.1, 0.15) is 18.2 Å². The molecule has 124 valence electrons. The lowest BCUT2D eigenvalue weighted by Gasteiger charge is -2.18. The second kappa shape index (κ2) is 5.85. The minimum absolute atomic E-state index is 0.645. The topological polar surface area (TPSA) is 3.88 Å². The van der Waals surface area contributed by atoms with Crippen LogP contribution in [0.5, 0.6) is 0 Å². The first-order chi connectivity index (χ1) is 11.6. The molecule has 1 heterocycles. The highest BCUT2D eigenvalue weighted by atomic mass is 28.3. The number of benzene rings is 2. The maximum atomic E-state index is 8.68. The summed E-state index contributed by atoms with van der Waals surface area (Å²) in [6.07, 6.45) is 0. The zero-order valence-corrected chi connectivity index (χ0v) is 16.9. The van der Waals surface area contributed by atoms with E-state index in [2.05, 4.69) is 88.4 Å². The summed E-state index contributed by atoms with van der Waals surface area (Å²) in [6.45, 7) is 13.4. The third-order valence-electron chi connectivity index (χ3n) is 4.94. The van der Waals surface area contributed by atoms with E-state index in [1.165, 1.54) is 33.0 Å². The molecule has 0 atom stereocenters. The molecule has 0 spiro atoms. The summed E-state index contributed by atoms with van der Waals surface area (Å²) in [5.41, 5.74) is 6.02. The molecule has 0 saturated carbocycles. The first-order valence-electron chi connectivity index (χ1n) is 9.12. The number of fused-ring (bicyclic) bond motifs is 1. The average molecular weight is 336 g/mol. The van der Waals surface area contributed by atoms with Gasteiger partial charge in [0.05, 0.1) is 14.8 Å². The van der Waals surface area contributed by atoms with Gasteiger partial charge < -0.3 is 0 Å². The summed E-state index contributed by atoms with van der Waals surface area (Å²) >= 11 is 0. The van der Waals surface area contributed by atoms with Crippen molar-refractivity contribution < 1.29 is 5.94 Å². The Morgan fingerprint density at radius 3 is 2.33 bits per heavy atom. The van der Waals surface area contributed by atoms with E-state index < -0.39 is 8.07 Å². The molecule has 2 aromatic carbocycles. The quantitative estimate of drug-likeness (QED) is 0.468. The molecule has 0 saturated heterocycles. The van der Waals surface area contributed by atoms with E-state index in [-0.39, 0.29) is 0 Å². The zero-order chi connectivity index (χ0) is 18.5. The van der Waals surface area contributed by atoms with Gasteiger partial charge in [0.1, 0.15) is 7.05 Å². The lowest BCUT2D eigenvalue weighted by atomic mass is 9.97. The molecule has 1 aromatic heterocycles. The second-order valence-electron chi connectivity index (χ2n) is 7.95. The highest BCUT2D eigenvalue weighted by Crippen LogP contribution is 2.29. The van der Waals surface area contributed by atoms with Crippen molar-refractivity contribution in [3.8, 4) is 11.3 Å². The minimum Gasteiger partial charge on any atom is -0.198 e. The molecule has 0 N–H and O–H groups in total. The van der Waals surface area contributed by atoms with Crippen LogP contribution in [-0.4, -0.2) is 8.07 Å². The summed E-state index contributed by atoms with van der Waals surface area (Å²) in [4.78, 5) is 0. The smallest absolute Gasteiger partial charge is 0.198 e. The van der Waals surface area contributed by atoms with Crippen molar-refractivity contribution in [3.63, 3.8) is 0 Å². The van der Waals surface area contributed by atoms with E-state index in [0.29, 0.717) is 6.04 Å². The highest BCUT2D eigenvalue weighted by molar-refractivity contribution is 6.88. The van der Waals surface area contributed by atoms with Gasteiger partial charge in [0.25, 0.3) is 0 Å². The molecule has 0 aliphatic carbocycles. The van der Waals surface area contributed by atoms with Gasteiger partial charge in [0.15, 0.2) is 5.69 Å². The van der Waals surface area contributed by atoms with E-state index in [0.717, 1.165) is 11.1 Å². The second-order valence-corrected chi connectivity index (χ2v) is 13.0. The largest absolute Gasteiger partial charge is 0.220 e. The van der Waals surface area contributed by atoms with Crippen molar-refractivity contribution in [2.75, 3.05) is 0 Å². The molecule has 0 aliphatic heterocycles. The monoisotopic (exact) mass is 335 g/mol. The van der Waals surface area contributed by atoms with Gasteiger partial charge in [-0.2, -0.15) is 4.57 Å². The van der Waals surface area contributed by atoms with Gasteiger partial charge in [-0.25, -0.2) is 0 Å². The van der Waals surface area contributed by atoms with Crippen molar-refractivity contribution in [2.24, 2.45) is 7.05 Å². The van der Waals surface area contributed by atoms with Gasteiger partial charge in [0.2, 0.25) is 5.69 Å². The van der Waals surface area contributed by atoms with E-state index in [1.807, 2.05) is 0 Å². The number of hydrogen-bond donors (Lipinski definition) is 0. The molecular formula is C22H28NSi+. The maximum Gasteiger partial charge on any atom is 0.220 e. The fourth-order valence-corrected chi connectivity index (χ4v) is 4.43. The minimum atomic E-state index is -1.41. The SMILES string of the molecule is [2H]c1c(C)[n+](C)c(-c2cc(C)ccc2C)c2ccc([Si](C)(C)C)cc12. The summed E-state index contributed by atoms with van der Waals surface area (Å²) in [7, 11) is 0.669. The van der Waals surface area contributed by atoms with E-state index in [4.69, 9.17) is 1.37 Å². The fourth-order valence-electron chi connectivity index (χ4n) is 3.26. The Kier molecular flexibility index (Phi) is 3.80. The Balaban J connectivity index is 2.45. The lowest BCUT2D eigenvalue weighted by molar-refractivity contribution is -0.665. The zero-order valence-electron chi connectivity index (χ0n) is 16.9. The number of hydrogen-bond acceptors (Lipinski definition) is 0. The standard InChI is InChI=1S/C22H28NSi/c1-15-8-9-16(2)21(12-15)22-20-11-10-19(24(5,6)7)14-18(20)13-17(3)23(22)4/h8-14H,1-7H3/q+1/i13D. The van der Waals surface area contributed by atoms with Crippen molar-refractivity contribution in [2.45, 2.75) is 40.4 Å². The van der Waals surface area contributed by atoms with Crippen molar-refractivity contribution in [1.29, 1.82) is 0 Å². The Morgan fingerprint density at radius 2 is 1.67 bits per heavy atom. The number of aryl methyl sites for hydroxylation is 2. The molecule has 3 aromatic rings. The molecule has 0 amide bonds. The number of pyridine rings is 1. The van der Waals surface area contributed by atoms with Crippen LogP contribution in [0.15, 0.2) is 42.4 Å². The Bertz CT molecular complexity index is 984. The molecule has 0 radical (unpaired) electrons. The number of nitrogens with zero attached hydrogens (tertiary/aromatic N) is 1. The molecule has 0 unspecified atom stereocenters. The van der Waals surface area contributed by atoms with Crippen LogP contribution in [0.3, 0.4) is 0 Å². The predicted octanol–water partition coefficient (Wildman–Crippen LogP) is 4.80. The van der Waals surface area contributed by atoms with Gasteiger partial charge in [-0.05, 0) is 36.9 Å². The van der Waals surface area contributed by atoms with Crippen molar-refractivity contribution in [3.05, 3.63) is 59.3 Å². The van der Waals surface area contributed by atoms with Gasteiger partial charge in [-0.15, -0.1) is 0 Å². The van der Waals surface area contributed by atoms with E-state index in [1.54, 1.807) is 0 Å². The third kappa shape index (κ3) is 2.91. The molecule has 0 fully saturated rings.